The number of Topliss-reactive ketones (excluding diaryl/α,β-unsaturated/α-hetero) is 1. The van der Waals surface area contributed by atoms with E-state index in [9.17, 15) is 4.79 Å². The Morgan fingerprint density at radius 1 is 1.36 bits per heavy atom. The SMILES string of the molecule is Cc1nccnc1N1CCCC(=O)C1. The number of aromatic nitrogens is 2. The summed E-state index contributed by atoms with van der Waals surface area (Å²) in [4.78, 5) is 21.7. The molecule has 0 N–H and O–H groups in total. The Balaban J connectivity index is 2.22. The fourth-order valence-electron chi connectivity index (χ4n) is 1.73. The molecule has 1 aliphatic heterocycles. The lowest BCUT2D eigenvalue weighted by Gasteiger charge is -2.27. The highest BCUT2D eigenvalue weighted by molar-refractivity contribution is 5.84. The Labute approximate surface area is 83.0 Å². The van der Waals surface area contributed by atoms with Crippen LogP contribution in [-0.4, -0.2) is 28.8 Å². The van der Waals surface area contributed by atoms with Crippen molar-refractivity contribution in [3.8, 4) is 0 Å². The van der Waals surface area contributed by atoms with Crippen LogP contribution in [0.3, 0.4) is 0 Å². The van der Waals surface area contributed by atoms with Crippen LogP contribution < -0.4 is 4.90 Å². The van der Waals surface area contributed by atoms with Gasteiger partial charge in [-0.15, -0.1) is 0 Å². The van der Waals surface area contributed by atoms with Gasteiger partial charge in [-0.05, 0) is 13.3 Å². The lowest BCUT2D eigenvalue weighted by molar-refractivity contribution is -0.118. The highest BCUT2D eigenvalue weighted by atomic mass is 16.1. The molecule has 0 aliphatic carbocycles. The van der Waals surface area contributed by atoms with Crippen molar-refractivity contribution in [1.29, 1.82) is 0 Å². The minimum absolute atomic E-state index is 0.293. The van der Waals surface area contributed by atoms with E-state index in [-0.39, 0.29) is 0 Å². The fourth-order valence-corrected chi connectivity index (χ4v) is 1.73. The highest BCUT2D eigenvalue weighted by Gasteiger charge is 2.19. The van der Waals surface area contributed by atoms with Crippen molar-refractivity contribution in [2.75, 3.05) is 18.0 Å². The van der Waals surface area contributed by atoms with E-state index < -0.39 is 0 Å². The fraction of sp³-hybridized carbons (Fsp3) is 0.500. The second-order valence-electron chi connectivity index (χ2n) is 3.53. The maximum Gasteiger partial charge on any atom is 0.152 e. The van der Waals surface area contributed by atoms with Gasteiger partial charge in [0.1, 0.15) is 5.82 Å². The normalized spacial score (nSPS) is 17.2. The van der Waals surface area contributed by atoms with Crippen molar-refractivity contribution < 1.29 is 4.79 Å². The maximum atomic E-state index is 11.3. The third kappa shape index (κ3) is 1.73. The number of nitrogens with zero attached hydrogens (tertiary/aromatic N) is 3. The summed E-state index contributed by atoms with van der Waals surface area (Å²) in [5, 5.41) is 0. The monoisotopic (exact) mass is 191 g/mol. The average molecular weight is 191 g/mol. The first-order valence-electron chi connectivity index (χ1n) is 4.81. The average Bonchev–Trinajstić information content (AvgIpc) is 2.18. The van der Waals surface area contributed by atoms with E-state index in [0.29, 0.717) is 18.7 Å². The third-order valence-corrected chi connectivity index (χ3v) is 2.41. The Hall–Kier alpha value is -1.45. The number of carbonyl (C=O) groups excluding carboxylic acids is 1. The zero-order valence-corrected chi connectivity index (χ0v) is 8.23. The van der Waals surface area contributed by atoms with Gasteiger partial charge in [-0.2, -0.15) is 0 Å². The molecular weight excluding hydrogens is 178 g/mol. The number of hydrogen-bond donors (Lipinski definition) is 0. The largest absolute Gasteiger partial charge is 0.348 e. The van der Waals surface area contributed by atoms with Crippen LogP contribution in [0.4, 0.5) is 5.82 Å². The summed E-state index contributed by atoms with van der Waals surface area (Å²) in [7, 11) is 0. The first-order valence-corrected chi connectivity index (χ1v) is 4.81. The molecule has 1 aromatic heterocycles. The molecule has 74 valence electrons. The van der Waals surface area contributed by atoms with Crippen molar-refractivity contribution in [2.45, 2.75) is 19.8 Å². The molecule has 1 saturated heterocycles. The van der Waals surface area contributed by atoms with Crippen molar-refractivity contribution in [2.24, 2.45) is 0 Å². The summed E-state index contributed by atoms with van der Waals surface area (Å²) in [5.74, 6) is 1.14. The Kier molecular flexibility index (Phi) is 2.43. The van der Waals surface area contributed by atoms with Crippen LogP contribution >= 0.6 is 0 Å². The van der Waals surface area contributed by atoms with Gasteiger partial charge in [-0.1, -0.05) is 0 Å². The minimum Gasteiger partial charge on any atom is -0.348 e. The molecule has 2 heterocycles. The predicted octanol–water partition coefficient (Wildman–Crippen LogP) is 0.954. The van der Waals surface area contributed by atoms with E-state index in [1.54, 1.807) is 12.4 Å². The molecule has 1 fully saturated rings. The van der Waals surface area contributed by atoms with E-state index >= 15 is 0 Å². The number of rotatable bonds is 1. The second kappa shape index (κ2) is 3.74. The Bertz CT molecular complexity index is 351. The molecule has 0 radical (unpaired) electrons. The number of carbonyl (C=O) groups is 1. The summed E-state index contributed by atoms with van der Waals surface area (Å²) in [6.45, 7) is 3.31. The molecule has 1 aromatic rings. The number of aryl methyl sites for hydroxylation is 1. The summed E-state index contributed by atoms with van der Waals surface area (Å²) < 4.78 is 0. The van der Waals surface area contributed by atoms with Crippen LogP contribution in [0, 0.1) is 6.92 Å². The molecule has 0 bridgehead atoms. The van der Waals surface area contributed by atoms with E-state index in [0.717, 1.165) is 24.5 Å². The van der Waals surface area contributed by atoms with Crippen molar-refractivity contribution in [1.82, 2.24) is 9.97 Å². The van der Waals surface area contributed by atoms with Crippen LogP contribution in [0.2, 0.25) is 0 Å². The van der Waals surface area contributed by atoms with Gasteiger partial charge in [0.05, 0.1) is 12.2 Å². The van der Waals surface area contributed by atoms with Crippen LogP contribution in [0.1, 0.15) is 18.5 Å². The van der Waals surface area contributed by atoms with Crippen LogP contribution in [0.25, 0.3) is 0 Å². The number of anilines is 1. The smallest absolute Gasteiger partial charge is 0.152 e. The number of piperidine rings is 1. The van der Waals surface area contributed by atoms with Crippen LogP contribution in [0.5, 0.6) is 0 Å². The lowest BCUT2D eigenvalue weighted by atomic mass is 10.1. The molecule has 0 atom stereocenters. The standard InChI is InChI=1S/C10H13N3O/c1-8-10(12-5-4-11-8)13-6-2-3-9(14)7-13/h4-5H,2-3,6-7H2,1H3. The number of hydrogen-bond acceptors (Lipinski definition) is 4. The summed E-state index contributed by atoms with van der Waals surface area (Å²) >= 11 is 0. The predicted molar refractivity (Wildman–Crippen MR) is 53.2 cm³/mol. The summed E-state index contributed by atoms with van der Waals surface area (Å²) in [6.07, 6.45) is 4.97. The molecule has 2 rings (SSSR count). The van der Waals surface area contributed by atoms with E-state index in [1.807, 2.05) is 11.8 Å². The van der Waals surface area contributed by atoms with Gasteiger partial charge in [0.25, 0.3) is 0 Å². The van der Waals surface area contributed by atoms with Gasteiger partial charge in [0.2, 0.25) is 0 Å². The Morgan fingerprint density at radius 3 is 2.86 bits per heavy atom. The van der Waals surface area contributed by atoms with E-state index in [2.05, 4.69) is 9.97 Å². The molecule has 0 saturated carbocycles. The lowest BCUT2D eigenvalue weighted by Crippen LogP contribution is -2.36. The highest BCUT2D eigenvalue weighted by Crippen LogP contribution is 2.17. The molecule has 0 aromatic carbocycles. The van der Waals surface area contributed by atoms with Gasteiger partial charge in [-0.25, -0.2) is 4.98 Å². The minimum atomic E-state index is 0.293. The molecular formula is C10H13N3O. The second-order valence-corrected chi connectivity index (χ2v) is 3.53. The zero-order chi connectivity index (χ0) is 9.97. The van der Waals surface area contributed by atoms with E-state index in [1.165, 1.54) is 0 Å². The Morgan fingerprint density at radius 2 is 2.14 bits per heavy atom. The summed E-state index contributed by atoms with van der Waals surface area (Å²) in [5.41, 5.74) is 0.891. The van der Waals surface area contributed by atoms with Gasteiger partial charge in [-0.3, -0.25) is 9.78 Å². The number of ketones is 1. The molecule has 0 spiro atoms. The van der Waals surface area contributed by atoms with Crippen molar-refractivity contribution >= 4 is 11.6 Å². The molecule has 0 amide bonds. The summed E-state index contributed by atoms with van der Waals surface area (Å²) in [6, 6.07) is 0. The topological polar surface area (TPSA) is 46.1 Å². The molecule has 0 unspecified atom stereocenters. The molecule has 1 aliphatic rings. The third-order valence-electron chi connectivity index (χ3n) is 2.41. The van der Waals surface area contributed by atoms with Crippen molar-refractivity contribution in [3.63, 3.8) is 0 Å². The maximum absolute atomic E-state index is 11.3. The van der Waals surface area contributed by atoms with Crippen molar-refractivity contribution in [3.05, 3.63) is 18.1 Å². The van der Waals surface area contributed by atoms with Gasteiger partial charge in [0, 0.05) is 25.4 Å². The molecule has 4 heteroatoms. The molecule has 14 heavy (non-hydrogen) atoms. The van der Waals surface area contributed by atoms with Gasteiger partial charge < -0.3 is 4.90 Å². The molecule has 4 nitrogen and oxygen atoms in total. The first-order chi connectivity index (χ1) is 6.77. The van der Waals surface area contributed by atoms with Gasteiger partial charge in [0.15, 0.2) is 5.78 Å². The van der Waals surface area contributed by atoms with Crippen LogP contribution in [0.15, 0.2) is 12.4 Å². The first kappa shape index (κ1) is 9.12. The van der Waals surface area contributed by atoms with E-state index in [4.69, 9.17) is 0 Å². The van der Waals surface area contributed by atoms with Crippen LogP contribution in [-0.2, 0) is 4.79 Å². The quantitative estimate of drug-likeness (QED) is 0.663. The zero-order valence-electron chi connectivity index (χ0n) is 8.23. The van der Waals surface area contributed by atoms with Gasteiger partial charge >= 0.3 is 0 Å².